The Labute approximate surface area is 84.3 Å². The molecule has 0 bridgehead atoms. The van der Waals surface area contributed by atoms with Gasteiger partial charge in [-0.2, -0.15) is 0 Å². The third-order valence-electron chi connectivity index (χ3n) is 2.94. The Balaban J connectivity index is 2.09. The molecule has 1 aliphatic carbocycles. The van der Waals surface area contributed by atoms with E-state index in [4.69, 9.17) is 10.5 Å². The molecule has 76 valence electrons. The van der Waals surface area contributed by atoms with Gasteiger partial charge in [0.15, 0.2) is 0 Å². The first-order valence-electron chi connectivity index (χ1n) is 4.98. The van der Waals surface area contributed by atoms with Gasteiger partial charge in [0, 0.05) is 11.8 Å². The van der Waals surface area contributed by atoms with Crippen molar-refractivity contribution in [2.75, 3.05) is 13.7 Å². The van der Waals surface area contributed by atoms with Gasteiger partial charge in [-0.15, -0.1) is 0 Å². The summed E-state index contributed by atoms with van der Waals surface area (Å²) in [5.74, 6) is 0.690. The highest BCUT2D eigenvalue weighted by Gasteiger charge is 2.41. The first kappa shape index (κ1) is 9.46. The molecule has 0 spiro atoms. The summed E-state index contributed by atoms with van der Waals surface area (Å²) >= 11 is 0. The zero-order valence-electron chi connectivity index (χ0n) is 8.49. The Morgan fingerprint density at radius 1 is 1.50 bits per heavy atom. The molecule has 2 N–H and O–H groups in total. The SMILES string of the molecule is COc1cccc(CC2(CN)CC2)n1. The number of pyridine rings is 1. The fourth-order valence-electron chi connectivity index (χ4n) is 1.68. The molecule has 0 radical (unpaired) electrons. The number of aromatic nitrogens is 1. The van der Waals surface area contributed by atoms with E-state index >= 15 is 0 Å². The molecule has 0 amide bonds. The smallest absolute Gasteiger partial charge is 0.213 e. The highest BCUT2D eigenvalue weighted by molar-refractivity contribution is 5.18. The second kappa shape index (κ2) is 3.58. The molecule has 3 heteroatoms. The van der Waals surface area contributed by atoms with Gasteiger partial charge >= 0.3 is 0 Å². The zero-order valence-corrected chi connectivity index (χ0v) is 8.49. The molecule has 0 aliphatic heterocycles. The lowest BCUT2D eigenvalue weighted by Gasteiger charge is -2.11. The Kier molecular flexibility index (Phi) is 2.42. The molecule has 0 atom stereocenters. The number of ether oxygens (including phenoxy) is 1. The lowest BCUT2D eigenvalue weighted by atomic mass is 10.0. The van der Waals surface area contributed by atoms with Crippen LogP contribution in [0.25, 0.3) is 0 Å². The summed E-state index contributed by atoms with van der Waals surface area (Å²) < 4.78 is 5.08. The van der Waals surface area contributed by atoms with Gasteiger partial charge in [0.1, 0.15) is 0 Å². The van der Waals surface area contributed by atoms with Gasteiger partial charge < -0.3 is 10.5 Å². The summed E-state index contributed by atoms with van der Waals surface area (Å²) in [6, 6.07) is 5.89. The van der Waals surface area contributed by atoms with Crippen molar-refractivity contribution in [3.63, 3.8) is 0 Å². The molecule has 1 fully saturated rings. The highest BCUT2D eigenvalue weighted by Crippen LogP contribution is 2.47. The zero-order chi connectivity index (χ0) is 10.0. The normalized spacial score (nSPS) is 17.9. The molecular weight excluding hydrogens is 176 g/mol. The van der Waals surface area contributed by atoms with Crippen LogP contribution in [0.3, 0.4) is 0 Å². The van der Waals surface area contributed by atoms with Crippen molar-refractivity contribution in [2.24, 2.45) is 11.1 Å². The minimum atomic E-state index is 0.347. The number of hydrogen-bond acceptors (Lipinski definition) is 3. The fraction of sp³-hybridized carbons (Fsp3) is 0.545. The van der Waals surface area contributed by atoms with Gasteiger partial charge in [-0.1, -0.05) is 6.07 Å². The van der Waals surface area contributed by atoms with Crippen molar-refractivity contribution in [1.29, 1.82) is 0 Å². The lowest BCUT2D eigenvalue weighted by molar-refractivity contribution is 0.394. The van der Waals surface area contributed by atoms with Crippen molar-refractivity contribution < 1.29 is 4.74 Å². The third-order valence-corrected chi connectivity index (χ3v) is 2.94. The summed E-state index contributed by atoms with van der Waals surface area (Å²) in [6.07, 6.45) is 3.46. The van der Waals surface area contributed by atoms with Gasteiger partial charge in [-0.3, -0.25) is 0 Å². The molecule has 14 heavy (non-hydrogen) atoms. The molecule has 1 aliphatic rings. The number of hydrogen-bond donors (Lipinski definition) is 1. The minimum Gasteiger partial charge on any atom is -0.481 e. The van der Waals surface area contributed by atoms with E-state index in [2.05, 4.69) is 4.98 Å². The van der Waals surface area contributed by atoms with Crippen molar-refractivity contribution in [2.45, 2.75) is 19.3 Å². The van der Waals surface area contributed by atoms with E-state index in [1.165, 1.54) is 12.8 Å². The Bertz CT molecular complexity index is 321. The van der Waals surface area contributed by atoms with Gasteiger partial charge in [0.05, 0.1) is 7.11 Å². The van der Waals surface area contributed by atoms with Crippen molar-refractivity contribution >= 4 is 0 Å². The summed E-state index contributed by atoms with van der Waals surface area (Å²) in [5.41, 5.74) is 7.16. The molecule has 1 aromatic rings. The largest absolute Gasteiger partial charge is 0.481 e. The monoisotopic (exact) mass is 192 g/mol. The maximum Gasteiger partial charge on any atom is 0.213 e. The van der Waals surface area contributed by atoms with Crippen molar-refractivity contribution in [1.82, 2.24) is 4.98 Å². The van der Waals surface area contributed by atoms with Crippen LogP contribution in [-0.2, 0) is 6.42 Å². The number of methoxy groups -OCH3 is 1. The standard InChI is InChI=1S/C11H16N2O/c1-14-10-4-2-3-9(13-10)7-11(8-12)5-6-11/h2-4H,5-8,12H2,1H3. The molecule has 1 saturated carbocycles. The fourth-order valence-corrected chi connectivity index (χ4v) is 1.68. The van der Waals surface area contributed by atoms with Gasteiger partial charge in [0.25, 0.3) is 0 Å². The summed E-state index contributed by atoms with van der Waals surface area (Å²) in [4.78, 5) is 4.39. The average Bonchev–Trinajstić information content (AvgIpc) is 2.99. The second-order valence-corrected chi connectivity index (χ2v) is 4.05. The maximum atomic E-state index is 5.73. The van der Waals surface area contributed by atoms with Crippen LogP contribution in [0, 0.1) is 5.41 Å². The quantitative estimate of drug-likeness (QED) is 0.783. The molecule has 2 rings (SSSR count). The molecule has 1 aromatic heterocycles. The maximum absolute atomic E-state index is 5.73. The first-order chi connectivity index (χ1) is 6.78. The van der Waals surface area contributed by atoms with Gasteiger partial charge in [0.2, 0.25) is 5.88 Å². The molecule has 0 aromatic carbocycles. The van der Waals surface area contributed by atoms with E-state index in [-0.39, 0.29) is 0 Å². The topological polar surface area (TPSA) is 48.1 Å². The van der Waals surface area contributed by atoms with E-state index in [1.807, 2.05) is 18.2 Å². The van der Waals surface area contributed by atoms with E-state index in [0.29, 0.717) is 11.3 Å². The van der Waals surface area contributed by atoms with Crippen LogP contribution in [0.2, 0.25) is 0 Å². The average molecular weight is 192 g/mol. The number of nitrogens with zero attached hydrogens (tertiary/aromatic N) is 1. The second-order valence-electron chi connectivity index (χ2n) is 4.05. The van der Waals surface area contributed by atoms with E-state index in [9.17, 15) is 0 Å². The van der Waals surface area contributed by atoms with Crippen LogP contribution in [0.15, 0.2) is 18.2 Å². The van der Waals surface area contributed by atoms with Crippen LogP contribution in [0.5, 0.6) is 5.88 Å². The van der Waals surface area contributed by atoms with Crippen LogP contribution in [-0.4, -0.2) is 18.6 Å². The van der Waals surface area contributed by atoms with Crippen LogP contribution in [0.1, 0.15) is 18.5 Å². The van der Waals surface area contributed by atoms with Gasteiger partial charge in [-0.25, -0.2) is 4.98 Å². The van der Waals surface area contributed by atoms with Crippen molar-refractivity contribution in [3.8, 4) is 5.88 Å². The van der Waals surface area contributed by atoms with Crippen LogP contribution < -0.4 is 10.5 Å². The number of nitrogens with two attached hydrogens (primary N) is 1. The highest BCUT2D eigenvalue weighted by atomic mass is 16.5. The minimum absolute atomic E-state index is 0.347. The predicted octanol–water partition coefficient (Wildman–Crippen LogP) is 1.37. The molecule has 0 saturated heterocycles. The summed E-state index contributed by atoms with van der Waals surface area (Å²) in [6.45, 7) is 0.770. The van der Waals surface area contributed by atoms with Crippen molar-refractivity contribution in [3.05, 3.63) is 23.9 Å². The Morgan fingerprint density at radius 2 is 2.29 bits per heavy atom. The number of rotatable bonds is 4. The predicted molar refractivity (Wildman–Crippen MR) is 55.2 cm³/mol. The Morgan fingerprint density at radius 3 is 2.86 bits per heavy atom. The molecule has 1 heterocycles. The molecule has 3 nitrogen and oxygen atoms in total. The Hall–Kier alpha value is -1.09. The van der Waals surface area contributed by atoms with Gasteiger partial charge in [-0.05, 0) is 37.3 Å². The van der Waals surface area contributed by atoms with E-state index in [1.54, 1.807) is 7.11 Å². The first-order valence-corrected chi connectivity index (χ1v) is 4.98. The third kappa shape index (κ3) is 1.87. The molecular formula is C11H16N2O. The van der Waals surface area contributed by atoms with E-state index in [0.717, 1.165) is 18.7 Å². The van der Waals surface area contributed by atoms with Crippen LogP contribution in [0.4, 0.5) is 0 Å². The lowest BCUT2D eigenvalue weighted by Crippen LogP contribution is -2.18. The summed E-state index contributed by atoms with van der Waals surface area (Å²) in [7, 11) is 1.64. The molecule has 0 unspecified atom stereocenters. The van der Waals surface area contributed by atoms with E-state index < -0.39 is 0 Å². The van der Waals surface area contributed by atoms with Crippen LogP contribution >= 0.6 is 0 Å². The summed E-state index contributed by atoms with van der Waals surface area (Å²) in [5, 5.41) is 0.